The maximum atomic E-state index is 13.3. The Balaban J connectivity index is 2.37. The molecular formula is C10H5BrFN3O. The standard InChI is InChI=1S/C10H5BrFN3O/c11-9-5(12)1-4-2-6-7(8(4)15-9)10(16)14-3-13-6/h1,3H,2H2,(H,13,14,16). The van der Waals surface area contributed by atoms with Crippen molar-refractivity contribution in [3.05, 3.63) is 44.4 Å². The molecule has 0 bridgehead atoms. The molecule has 0 saturated heterocycles. The van der Waals surface area contributed by atoms with E-state index in [0.717, 1.165) is 0 Å². The van der Waals surface area contributed by atoms with Gasteiger partial charge in [-0.25, -0.2) is 14.4 Å². The van der Waals surface area contributed by atoms with Crippen LogP contribution in [0.15, 0.2) is 21.8 Å². The predicted octanol–water partition coefficient (Wildman–Crippen LogP) is 1.64. The predicted molar refractivity (Wildman–Crippen MR) is 58.6 cm³/mol. The lowest BCUT2D eigenvalue weighted by molar-refractivity contribution is 0.612. The second-order valence-corrected chi connectivity index (χ2v) is 4.25. The largest absolute Gasteiger partial charge is 0.313 e. The maximum absolute atomic E-state index is 13.3. The van der Waals surface area contributed by atoms with E-state index < -0.39 is 5.82 Å². The highest BCUT2D eigenvalue weighted by Gasteiger charge is 2.25. The first kappa shape index (κ1) is 9.65. The smallest absolute Gasteiger partial charge is 0.260 e. The zero-order chi connectivity index (χ0) is 11.3. The van der Waals surface area contributed by atoms with E-state index in [2.05, 4.69) is 30.9 Å². The van der Waals surface area contributed by atoms with Gasteiger partial charge in [-0.05, 0) is 27.6 Å². The fraction of sp³-hybridized carbons (Fsp3) is 0.100. The van der Waals surface area contributed by atoms with Crippen LogP contribution >= 0.6 is 15.9 Å². The highest BCUT2D eigenvalue weighted by atomic mass is 79.9. The summed E-state index contributed by atoms with van der Waals surface area (Å²) in [5.74, 6) is -0.428. The third-order valence-corrected chi connectivity index (χ3v) is 3.09. The van der Waals surface area contributed by atoms with Crippen molar-refractivity contribution in [3.8, 4) is 11.3 Å². The lowest BCUT2D eigenvalue weighted by Crippen LogP contribution is -2.10. The Morgan fingerprint density at radius 3 is 3.12 bits per heavy atom. The second-order valence-electron chi connectivity index (χ2n) is 3.50. The average Bonchev–Trinajstić information content (AvgIpc) is 2.58. The SMILES string of the molecule is O=c1[nH]cnc2c1-c1nc(Br)c(F)cc1C2. The molecule has 2 aromatic rings. The highest BCUT2D eigenvalue weighted by Crippen LogP contribution is 2.32. The molecular weight excluding hydrogens is 277 g/mol. The summed E-state index contributed by atoms with van der Waals surface area (Å²) >= 11 is 3.01. The van der Waals surface area contributed by atoms with Gasteiger partial charge in [0.1, 0.15) is 4.60 Å². The van der Waals surface area contributed by atoms with E-state index in [1.807, 2.05) is 0 Å². The summed E-state index contributed by atoms with van der Waals surface area (Å²) in [7, 11) is 0. The van der Waals surface area contributed by atoms with Gasteiger partial charge in [-0.3, -0.25) is 4.79 Å². The van der Waals surface area contributed by atoms with Crippen molar-refractivity contribution in [3.63, 3.8) is 0 Å². The first-order valence-electron chi connectivity index (χ1n) is 4.58. The normalized spacial score (nSPS) is 12.4. The topological polar surface area (TPSA) is 58.6 Å². The van der Waals surface area contributed by atoms with Gasteiger partial charge in [0.15, 0.2) is 5.82 Å². The van der Waals surface area contributed by atoms with Crippen LogP contribution in [0.2, 0.25) is 0 Å². The van der Waals surface area contributed by atoms with Gasteiger partial charge in [0, 0.05) is 6.42 Å². The number of aromatic amines is 1. The van der Waals surface area contributed by atoms with E-state index in [-0.39, 0.29) is 10.2 Å². The van der Waals surface area contributed by atoms with Crippen molar-refractivity contribution in [2.45, 2.75) is 6.42 Å². The molecule has 16 heavy (non-hydrogen) atoms. The molecule has 0 amide bonds. The minimum atomic E-state index is -0.428. The number of nitrogens with one attached hydrogen (secondary N) is 1. The minimum absolute atomic E-state index is 0.113. The lowest BCUT2D eigenvalue weighted by atomic mass is 10.2. The van der Waals surface area contributed by atoms with Gasteiger partial charge >= 0.3 is 0 Å². The Hall–Kier alpha value is -1.56. The van der Waals surface area contributed by atoms with Crippen LogP contribution in [0, 0.1) is 5.82 Å². The maximum Gasteiger partial charge on any atom is 0.260 e. The first-order chi connectivity index (χ1) is 7.66. The van der Waals surface area contributed by atoms with Gasteiger partial charge < -0.3 is 4.98 Å². The molecule has 1 aliphatic carbocycles. The fourth-order valence-corrected chi connectivity index (χ4v) is 2.14. The fourth-order valence-electron chi connectivity index (χ4n) is 1.85. The summed E-state index contributed by atoms with van der Waals surface area (Å²) in [6, 6.07) is 1.38. The number of halogens is 2. The Kier molecular flexibility index (Phi) is 1.94. The Labute approximate surface area is 97.7 Å². The molecule has 1 N–H and O–H groups in total. The van der Waals surface area contributed by atoms with Crippen molar-refractivity contribution in [2.75, 3.05) is 0 Å². The minimum Gasteiger partial charge on any atom is -0.313 e. The van der Waals surface area contributed by atoms with Gasteiger partial charge in [0.05, 0.1) is 23.3 Å². The lowest BCUT2D eigenvalue weighted by Gasteiger charge is -2.00. The first-order valence-corrected chi connectivity index (χ1v) is 5.38. The van der Waals surface area contributed by atoms with E-state index >= 15 is 0 Å². The van der Waals surface area contributed by atoms with Crippen molar-refractivity contribution >= 4 is 15.9 Å². The van der Waals surface area contributed by atoms with Crippen LogP contribution in [0.3, 0.4) is 0 Å². The Morgan fingerprint density at radius 2 is 2.31 bits per heavy atom. The molecule has 0 fully saturated rings. The molecule has 2 heterocycles. The van der Waals surface area contributed by atoms with Gasteiger partial charge in [-0.1, -0.05) is 0 Å². The van der Waals surface area contributed by atoms with E-state index in [1.165, 1.54) is 12.4 Å². The molecule has 1 aliphatic rings. The molecule has 3 rings (SSSR count). The number of hydrogen-bond acceptors (Lipinski definition) is 3. The molecule has 80 valence electrons. The molecule has 0 radical (unpaired) electrons. The van der Waals surface area contributed by atoms with Gasteiger partial charge in [0.2, 0.25) is 0 Å². The van der Waals surface area contributed by atoms with Crippen LogP contribution in [0.5, 0.6) is 0 Å². The Morgan fingerprint density at radius 1 is 1.50 bits per heavy atom. The van der Waals surface area contributed by atoms with Crippen LogP contribution in [0.4, 0.5) is 4.39 Å². The summed E-state index contributed by atoms with van der Waals surface area (Å²) in [4.78, 5) is 22.2. The summed E-state index contributed by atoms with van der Waals surface area (Å²) < 4.78 is 13.4. The second kappa shape index (κ2) is 3.21. The zero-order valence-corrected chi connectivity index (χ0v) is 9.51. The molecule has 0 unspecified atom stereocenters. The molecule has 0 saturated carbocycles. The number of H-pyrrole nitrogens is 1. The van der Waals surface area contributed by atoms with E-state index in [4.69, 9.17) is 0 Å². The third-order valence-electron chi connectivity index (χ3n) is 2.54. The molecule has 2 aromatic heterocycles. The number of fused-ring (bicyclic) bond motifs is 3. The molecule has 6 heteroatoms. The highest BCUT2D eigenvalue weighted by molar-refractivity contribution is 9.10. The van der Waals surface area contributed by atoms with Gasteiger partial charge in [0.25, 0.3) is 5.56 Å². The monoisotopic (exact) mass is 281 g/mol. The van der Waals surface area contributed by atoms with E-state index in [0.29, 0.717) is 28.9 Å². The number of rotatable bonds is 0. The molecule has 4 nitrogen and oxygen atoms in total. The van der Waals surface area contributed by atoms with Crippen LogP contribution in [0.25, 0.3) is 11.3 Å². The van der Waals surface area contributed by atoms with Crippen molar-refractivity contribution in [2.24, 2.45) is 0 Å². The van der Waals surface area contributed by atoms with Crippen LogP contribution in [0.1, 0.15) is 11.3 Å². The number of pyridine rings is 1. The van der Waals surface area contributed by atoms with E-state index in [9.17, 15) is 9.18 Å². The van der Waals surface area contributed by atoms with Crippen molar-refractivity contribution < 1.29 is 4.39 Å². The van der Waals surface area contributed by atoms with Gasteiger partial charge in [-0.15, -0.1) is 0 Å². The van der Waals surface area contributed by atoms with Crippen LogP contribution < -0.4 is 5.56 Å². The van der Waals surface area contributed by atoms with Crippen molar-refractivity contribution in [1.82, 2.24) is 15.0 Å². The van der Waals surface area contributed by atoms with Crippen LogP contribution in [-0.4, -0.2) is 15.0 Å². The van der Waals surface area contributed by atoms with Crippen LogP contribution in [-0.2, 0) is 6.42 Å². The summed E-state index contributed by atoms with van der Waals surface area (Å²) in [5, 5.41) is 0. The molecule has 0 atom stereocenters. The summed E-state index contributed by atoms with van der Waals surface area (Å²) in [5.41, 5.74) is 2.05. The molecule has 0 spiro atoms. The number of hydrogen-bond donors (Lipinski definition) is 1. The summed E-state index contributed by atoms with van der Waals surface area (Å²) in [6.45, 7) is 0. The quantitative estimate of drug-likeness (QED) is 0.638. The third kappa shape index (κ3) is 1.23. The van der Waals surface area contributed by atoms with Gasteiger partial charge in [-0.2, -0.15) is 0 Å². The number of nitrogens with zero attached hydrogens (tertiary/aromatic N) is 2. The Bertz CT molecular complexity index is 653. The van der Waals surface area contributed by atoms with Crippen molar-refractivity contribution in [1.29, 1.82) is 0 Å². The molecule has 0 aromatic carbocycles. The summed E-state index contributed by atoms with van der Waals surface area (Å²) in [6.07, 6.45) is 1.80. The average molecular weight is 282 g/mol. The zero-order valence-electron chi connectivity index (χ0n) is 7.92. The van der Waals surface area contributed by atoms with E-state index in [1.54, 1.807) is 0 Å². The molecule has 0 aliphatic heterocycles. The number of aromatic nitrogens is 3.